The smallest absolute Gasteiger partial charge is 0.396 e. The molecule has 10 heteroatoms. The van der Waals surface area contributed by atoms with Crippen molar-refractivity contribution < 1.29 is 18.3 Å². The lowest BCUT2D eigenvalue weighted by molar-refractivity contribution is -0.141. The Morgan fingerprint density at radius 2 is 2.00 bits per heavy atom. The summed E-state index contributed by atoms with van der Waals surface area (Å²) >= 11 is 0. The molecule has 1 rings (SSSR count). The Bertz CT molecular complexity index is 562. The fourth-order valence-electron chi connectivity index (χ4n) is 2.44. The molecular formula is C17H29F3N6O. The molecule has 7 nitrogen and oxygen atoms in total. The van der Waals surface area contributed by atoms with Gasteiger partial charge in [-0.1, -0.05) is 13.3 Å². The number of aliphatic hydroxyl groups is 1. The van der Waals surface area contributed by atoms with E-state index in [0.717, 1.165) is 25.1 Å². The van der Waals surface area contributed by atoms with Gasteiger partial charge in [0.05, 0.1) is 0 Å². The van der Waals surface area contributed by atoms with Crippen molar-refractivity contribution >= 4 is 11.9 Å². The van der Waals surface area contributed by atoms with Crippen molar-refractivity contribution in [3.8, 4) is 0 Å². The lowest BCUT2D eigenvalue weighted by atomic mass is 10.0. The fourth-order valence-corrected chi connectivity index (χ4v) is 2.44. The summed E-state index contributed by atoms with van der Waals surface area (Å²) in [5.41, 5.74) is -0.978. The number of aromatic nitrogens is 2. The van der Waals surface area contributed by atoms with E-state index in [9.17, 15) is 13.2 Å². The Labute approximate surface area is 157 Å². The van der Waals surface area contributed by atoms with Crippen LogP contribution in [0.3, 0.4) is 0 Å². The fraction of sp³-hybridized carbons (Fsp3) is 0.706. The third-order valence-corrected chi connectivity index (χ3v) is 3.73. The number of alkyl halides is 3. The van der Waals surface area contributed by atoms with Crippen LogP contribution in [0, 0.1) is 5.92 Å². The minimum Gasteiger partial charge on any atom is -0.396 e. The first-order chi connectivity index (χ1) is 12.9. The van der Waals surface area contributed by atoms with E-state index in [1.807, 2.05) is 6.92 Å². The maximum absolute atomic E-state index is 12.6. The van der Waals surface area contributed by atoms with Crippen molar-refractivity contribution in [1.29, 1.82) is 0 Å². The molecule has 0 radical (unpaired) electrons. The first-order valence-electron chi connectivity index (χ1n) is 9.17. The Hall–Kier alpha value is -2.10. The molecule has 0 bridgehead atoms. The van der Waals surface area contributed by atoms with Gasteiger partial charge >= 0.3 is 6.18 Å². The molecule has 0 fully saturated rings. The summed E-state index contributed by atoms with van der Waals surface area (Å²) in [6.07, 6.45) is -0.674. The zero-order chi connectivity index (χ0) is 20.1. The van der Waals surface area contributed by atoms with E-state index in [1.54, 1.807) is 0 Å². The summed E-state index contributed by atoms with van der Waals surface area (Å²) in [4.78, 5) is 11.8. The monoisotopic (exact) mass is 390 g/mol. The molecule has 27 heavy (non-hydrogen) atoms. The molecule has 0 aromatic carbocycles. The highest BCUT2D eigenvalue weighted by atomic mass is 19.4. The minimum absolute atomic E-state index is 0.0699. The van der Waals surface area contributed by atoms with Gasteiger partial charge in [0.1, 0.15) is 5.69 Å². The molecule has 0 amide bonds. The van der Waals surface area contributed by atoms with E-state index in [2.05, 4.69) is 37.8 Å². The van der Waals surface area contributed by atoms with E-state index in [-0.39, 0.29) is 12.6 Å². The summed E-state index contributed by atoms with van der Waals surface area (Å²) in [6.45, 7) is 6.25. The van der Waals surface area contributed by atoms with Crippen molar-refractivity contribution in [2.75, 3.05) is 38.1 Å². The topological polar surface area (TPSA) is 94.5 Å². The predicted molar refractivity (Wildman–Crippen MR) is 99.6 cm³/mol. The third kappa shape index (κ3) is 9.41. The average Bonchev–Trinajstić information content (AvgIpc) is 2.63. The molecular weight excluding hydrogens is 361 g/mol. The molecule has 0 saturated carbocycles. The van der Waals surface area contributed by atoms with Gasteiger partial charge in [0.15, 0.2) is 5.96 Å². The van der Waals surface area contributed by atoms with E-state index >= 15 is 0 Å². The van der Waals surface area contributed by atoms with E-state index in [4.69, 9.17) is 5.11 Å². The van der Waals surface area contributed by atoms with Crippen molar-refractivity contribution in [1.82, 2.24) is 20.6 Å². The van der Waals surface area contributed by atoms with Gasteiger partial charge in [0, 0.05) is 39.0 Å². The number of nitrogens with zero attached hydrogens (tertiary/aromatic N) is 3. The molecule has 4 N–H and O–H groups in total. The number of nitrogens with one attached hydrogen (secondary N) is 3. The van der Waals surface area contributed by atoms with Crippen LogP contribution in [0.25, 0.3) is 0 Å². The van der Waals surface area contributed by atoms with Gasteiger partial charge in [-0.3, -0.25) is 4.99 Å². The van der Waals surface area contributed by atoms with Gasteiger partial charge in [0.25, 0.3) is 0 Å². The maximum Gasteiger partial charge on any atom is 0.433 e. The first-order valence-corrected chi connectivity index (χ1v) is 9.17. The Morgan fingerprint density at radius 1 is 1.22 bits per heavy atom. The second-order valence-electron chi connectivity index (χ2n) is 6.00. The molecule has 1 atom stereocenters. The summed E-state index contributed by atoms with van der Waals surface area (Å²) in [6, 6.07) is 0.832. The lowest BCUT2D eigenvalue weighted by Gasteiger charge is -2.15. The van der Waals surface area contributed by atoms with Crippen LogP contribution < -0.4 is 16.0 Å². The van der Waals surface area contributed by atoms with E-state index in [0.29, 0.717) is 44.5 Å². The van der Waals surface area contributed by atoms with Gasteiger partial charge in [-0.25, -0.2) is 9.97 Å². The van der Waals surface area contributed by atoms with Crippen LogP contribution in [0.2, 0.25) is 0 Å². The van der Waals surface area contributed by atoms with Gasteiger partial charge in [-0.15, -0.1) is 0 Å². The minimum atomic E-state index is -4.49. The van der Waals surface area contributed by atoms with Crippen molar-refractivity contribution in [2.24, 2.45) is 10.9 Å². The van der Waals surface area contributed by atoms with Crippen LogP contribution in [0.5, 0.6) is 0 Å². The van der Waals surface area contributed by atoms with Gasteiger partial charge in [0.2, 0.25) is 5.95 Å². The molecule has 154 valence electrons. The Morgan fingerprint density at radius 3 is 2.63 bits per heavy atom. The van der Waals surface area contributed by atoms with E-state index in [1.165, 1.54) is 0 Å². The van der Waals surface area contributed by atoms with Gasteiger partial charge in [-0.2, -0.15) is 13.2 Å². The molecule has 0 aliphatic rings. The van der Waals surface area contributed by atoms with Crippen molar-refractivity contribution in [3.63, 3.8) is 0 Å². The number of hydrogen-bond donors (Lipinski definition) is 4. The van der Waals surface area contributed by atoms with Crippen molar-refractivity contribution in [2.45, 2.75) is 39.3 Å². The molecule has 0 spiro atoms. The third-order valence-electron chi connectivity index (χ3n) is 3.73. The molecule has 1 aromatic rings. The van der Waals surface area contributed by atoms with Crippen LogP contribution in [0.4, 0.5) is 19.1 Å². The number of guanidine groups is 1. The van der Waals surface area contributed by atoms with E-state index < -0.39 is 11.9 Å². The Kier molecular flexibility index (Phi) is 10.5. The van der Waals surface area contributed by atoms with Gasteiger partial charge < -0.3 is 21.1 Å². The van der Waals surface area contributed by atoms with Crippen LogP contribution >= 0.6 is 0 Å². The van der Waals surface area contributed by atoms with Crippen LogP contribution in [-0.4, -0.2) is 53.8 Å². The number of hydrogen-bond acceptors (Lipinski definition) is 5. The summed E-state index contributed by atoms with van der Waals surface area (Å²) < 4.78 is 37.9. The normalized spacial score (nSPS) is 13.3. The van der Waals surface area contributed by atoms with Crippen molar-refractivity contribution in [3.05, 3.63) is 18.0 Å². The number of anilines is 1. The highest BCUT2D eigenvalue weighted by Gasteiger charge is 2.32. The number of halogens is 3. The summed E-state index contributed by atoms with van der Waals surface area (Å²) in [5, 5.41) is 18.1. The summed E-state index contributed by atoms with van der Waals surface area (Å²) in [5.74, 6) is 0.884. The van der Waals surface area contributed by atoms with Gasteiger partial charge in [-0.05, 0) is 31.7 Å². The standard InChI is InChI=1S/C17H29F3N6O/c1-3-5-13(7-11-27)12-25-15(21-4-2)23-9-10-24-16-22-8-6-14(26-16)17(18,19)20/h6,8,13,27H,3-5,7,9-12H2,1-2H3,(H2,21,23,25)(H,22,24,26). The molecule has 0 aliphatic heterocycles. The molecule has 0 aliphatic carbocycles. The SMILES string of the molecule is CCCC(CCO)CN=C(NCC)NCCNc1nccc(C(F)(F)F)n1. The highest BCUT2D eigenvalue weighted by molar-refractivity contribution is 5.79. The lowest BCUT2D eigenvalue weighted by Crippen LogP contribution is -2.40. The van der Waals surface area contributed by atoms with Crippen LogP contribution in [-0.2, 0) is 6.18 Å². The van der Waals surface area contributed by atoms with Crippen LogP contribution in [0.15, 0.2) is 17.3 Å². The zero-order valence-corrected chi connectivity index (χ0v) is 15.8. The number of aliphatic hydroxyl groups excluding tert-OH is 1. The molecule has 1 unspecified atom stereocenters. The largest absolute Gasteiger partial charge is 0.433 e. The first kappa shape index (κ1) is 22.9. The highest BCUT2D eigenvalue weighted by Crippen LogP contribution is 2.27. The second kappa shape index (κ2) is 12.3. The molecule has 1 heterocycles. The molecule has 1 aromatic heterocycles. The zero-order valence-electron chi connectivity index (χ0n) is 15.8. The Balaban J connectivity index is 2.49. The predicted octanol–water partition coefficient (Wildman–Crippen LogP) is 2.26. The average molecular weight is 390 g/mol. The maximum atomic E-state index is 12.6. The quantitative estimate of drug-likeness (QED) is 0.263. The number of aliphatic imine (C=N–C) groups is 1. The molecule has 0 saturated heterocycles. The number of rotatable bonds is 11. The van der Waals surface area contributed by atoms with Crippen LogP contribution in [0.1, 0.15) is 38.8 Å². The second-order valence-corrected chi connectivity index (χ2v) is 6.00. The summed E-state index contributed by atoms with van der Waals surface area (Å²) in [7, 11) is 0.